The van der Waals surface area contributed by atoms with Crippen LogP contribution in [0.2, 0.25) is 0 Å². The summed E-state index contributed by atoms with van der Waals surface area (Å²) in [6.45, 7) is 1.15. The van der Waals surface area contributed by atoms with Gasteiger partial charge in [-0.25, -0.2) is 0 Å². The van der Waals surface area contributed by atoms with Crippen molar-refractivity contribution in [1.29, 1.82) is 0 Å². The molecule has 112 valence electrons. The minimum Gasteiger partial charge on any atom is -0.331 e. The highest BCUT2D eigenvalue weighted by Gasteiger charge is 2.40. The molecule has 0 aromatic heterocycles. The molecule has 0 heterocycles. The smallest absolute Gasteiger partial charge is 0.331 e. The second kappa shape index (κ2) is 7.12. The molecule has 1 fully saturated rings. The maximum atomic E-state index is 12.5. The number of rotatable bonds is 8. The van der Waals surface area contributed by atoms with Crippen LogP contribution in [0.4, 0.5) is 13.2 Å². The predicted molar refractivity (Wildman–Crippen MR) is 67.5 cm³/mol. The molecule has 19 heavy (non-hydrogen) atoms. The van der Waals surface area contributed by atoms with E-state index in [0.717, 1.165) is 30.6 Å². The second-order valence-corrected chi connectivity index (χ2v) is 5.31. The molecule has 1 atom stereocenters. The van der Waals surface area contributed by atoms with E-state index in [2.05, 4.69) is 0 Å². The van der Waals surface area contributed by atoms with E-state index >= 15 is 0 Å². The molecule has 1 aliphatic carbocycles. The molecule has 0 radical (unpaired) electrons. The van der Waals surface area contributed by atoms with Crippen LogP contribution in [0.5, 0.6) is 0 Å². The summed E-state index contributed by atoms with van der Waals surface area (Å²) in [7, 11) is 0. The summed E-state index contributed by atoms with van der Waals surface area (Å²) in [5.74, 6) is -0.135. The lowest BCUT2D eigenvalue weighted by Gasteiger charge is -2.30. The highest BCUT2D eigenvalue weighted by molar-refractivity contribution is 5.76. The largest absolute Gasteiger partial charge is 0.406 e. The van der Waals surface area contributed by atoms with Gasteiger partial charge in [-0.1, -0.05) is 6.42 Å². The first-order valence-electron chi connectivity index (χ1n) is 6.91. The summed E-state index contributed by atoms with van der Waals surface area (Å²) in [5.41, 5.74) is 5.34. The molecule has 3 nitrogen and oxygen atoms in total. The Morgan fingerprint density at radius 1 is 1.32 bits per heavy atom. The number of hydrogen-bond acceptors (Lipinski definition) is 2. The van der Waals surface area contributed by atoms with Crippen LogP contribution in [0.25, 0.3) is 0 Å². The van der Waals surface area contributed by atoms with Gasteiger partial charge >= 0.3 is 6.18 Å². The third-order valence-electron chi connectivity index (χ3n) is 3.56. The van der Waals surface area contributed by atoms with Crippen molar-refractivity contribution in [3.63, 3.8) is 0 Å². The molecule has 2 N–H and O–H groups in total. The van der Waals surface area contributed by atoms with Crippen LogP contribution in [0.15, 0.2) is 0 Å². The number of unbranched alkanes of at least 4 members (excludes halogenated alkanes) is 2. The van der Waals surface area contributed by atoms with Gasteiger partial charge in [0.15, 0.2) is 0 Å². The minimum absolute atomic E-state index is 0.188. The topological polar surface area (TPSA) is 46.3 Å². The number of alkyl halides is 3. The molecule has 1 rings (SSSR count). The lowest BCUT2D eigenvalue weighted by Crippen LogP contribution is -2.45. The van der Waals surface area contributed by atoms with E-state index in [1.165, 1.54) is 0 Å². The molecule has 0 aromatic carbocycles. The summed E-state index contributed by atoms with van der Waals surface area (Å²) < 4.78 is 37.6. The molecule has 0 spiro atoms. The van der Waals surface area contributed by atoms with Gasteiger partial charge in [0.25, 0.3) is 0 Å². The average Bonchev–Trinajstić information content (AvgIpc) is 3.13. The summed E-state index contributed by atoms with van der Waals surface area (Å²) in [4.78, 5) is 13.0. The molecule has 0 bridgehead atoms. The number of carbonyl (C=O) groups excluding carboxylic acids is 1. The summed E-state index contributed by atoms with van der Waals surface area (Å²) in [6.07, 6.45) is -0.0679. The van der Waals surface area contributed by atoms with E-state index in [-0.39, 0.29) is 24.3 Å². The monoisotopic (exact) mass is 280 g/mol. The zero-order valence-electron chi connectivity index (χ0n) is 11.4. The zero-order chi connectivity index (χ0) is 14.5. The number of halogens is 3. The molecular weight excluding hydrogens is 257 g/mol. The van der Waals surface area contributed by atoms with Gasteiger partial charge in [-0.15, -0.1) is 0 Å². The maximum Gasteiger partial charge on any atom is 0.406 e. The molecular formula is C13H23F3N2O. The van der Waals surface area contributed by atoms with E-state index in [9.17, 15) is 18.0 Å². The molecule has 0 aliphatic heterocycles. The van der Waals surface area contributed by atoms with Crippen LogP contribution in [0, 0.1) is 5.92 Å². The Kier molecular flexibility index (Phi) is 6.10. The highest BCUT2D eigenvalue weighted by atomic mass is 19.4. The van der Waals surface area contributed by atoms with Gasteiger partial charge in [0, 0.05) is 12.5 Å². The van der Waals surface area contributed by atoms with Crippen LogP contribution in [-0.2, 0) is 4.79 Å². The summed E-state index contributed by atoms with van der Waals surface area (Å²) >= 11 is 0. The number of nitrogens with two attached hydrogens (primary N) is 1. The predicted octanol–water partition coefficient (Wildman–Crippen LogP) is 2.69. The first-order chi connectivity index (χ1) is 8.85. The molecule has 0 aromatic rings. The Morgan fingerprint density at radius 2 is 1.95 bits per heavy atom. The highest BCUT2D eigenvalue weighted by Crippen LogP contribution is 2.36. The van der Waals surface area contributed by atoms with Gasteiger partial charge in [-0.3, -0.25) is 4.79 Å². The van der Waals surface area contributed by atoms with Gasteiger partial charge < -0.3 is 10.6 Å². The molecule has 1 unspecified atom stereocenters. The van der Waals surface area contributed by atoms with Crippen molar-refractivity contribution in [2.45, 2.75) is 57.7 Å². The Hall–Kier alpha value is -0.780. The van der Waals surface area contributed by atoms with Gasteiger partial charge in [0.2, 0.25) is 5.91 Å². The molecule has 1 aliphatic rings. The molecule has 1 saturated carbocycles. The van der Waals surface area contributed by atoms with E-state index in [1.807, 2.05) is 0 Å². The Balaban J connectivity index is 2.49. The van der Waals surface area contributed by atoms with Crippen molar-refractivity contribution in [1.82, 2.24) is 4.90 Å². The van der Waals surface area contributed by atoms with E-state index < -0.39 is 12.7 Å². The summed E-state index contributed by atoms with van der Waals surface area (Å²) in [5, 5.41) is 0. The van der Waals surface area contributed by atoms with Gasteiger partial charge in [-0.05, 0) is 45.1 Å². The Labute approximate surface area is 112 Å². The van der Waals surface area contributed by atoms with Crippen molar-refractivity contribution in [2.75, 3.05) is 13.1 Å². The fraction of sp³-hybridized carbons (Fsp3) is 0.923. The van der Waals surface area contributed by atoms with Crippen molar-refractivity contribution >= 4 is 5.91 Å². The third-order valence-corrected chi connectivity index (χ3v) is 3.56. The van der Waals surface area contributed by atoms with E-state index in [4.69, 9.17) is 5.73 Å². The number of carbonyl (C=O) groups is 1. The standard InChI is InChI=1S/C13H23F3N2O/c1-10(11-6-7-11)18(9-13(14,15)16)12(19)5-3-2-4-8-17/h10-11H,2-9,17H2,1H3. The third kappa shape index (κ3) is 6.27. The van der Waals surface area contributed by atoms with Crippen molar-refractivity contribution in [3.05, 3.63) is 0 Å². The molecule has 1 amide bonds. The fourth-order valence-corrected chi connectivity index (χ4v) is 2.23. The van der Waals surface area contributed by atoms with Crippen LogP contribution in [0.3, 0.4) is 0 Å². The van der Waals surface area contributed by atoms with Crippen LogP contribution >= 0.6 is 0 Å². The van der Waals surface area contributed by atoms with Gasteiger partial charge in [-0.2, -0.15) is 13.2 Å². The second-order valence-electron chi connectivity index (χ2n) is 5.31. The van der Waals surface area contributed by atoms with Gasteiger partial charge in [0.05, 0.1) is 0 Å². The maximum absolute atomic E-state index is 12.5. The quantitative estimate of drug-likeness (QED) is 0.695. The Morgan fingerprint density at radius 3 is 2.42 bits per heavy atom. The van der Waals surface area contributed by atoms with Crippen LogP contribution < -0.4 is 5.73 Å². The van der Waals surface area contributed by atoms with E-state index in [0.29, 0.717) is 13.0 Å². The minimum atomic E-state index is -4.32. The first-order valence-corrected chi connectivity index (χ1v) is 6.91. The number of nitrogens with zero attached hydrogens (tertiary/aromatic N) is 1. The van der Waals surface area contributed by atoms with Gasteiger partial charge in [0.1, 0.15) is 6.54 Å². The Bertz CT molecular complexity index is 290. The summed E-state index contributed by atoms with van der Waals surface area (Å²) in [6, 6.07) is -0.302. The zero-order valence-corrected chi connectivity index (χ0v) is 11.4. The van der Waals surface area contributed by atoms with Crippen LogP contribution in [0.1, 0.15) is 45.4 Å². The van der Waals surface area contributed by atoms with Crippen molar-refractivity contribution in [2.24, 2.45) is 11.7 Å². The first kappa shape index (κ1) is 16.3. The van der Waals surface area contributed by atoms with Crippen LogP contribution in [-0.4, -0.2) is 36.1 Å². The van der Waals surface area contributed by atoms with E-state index in [1.54, 1.807) is 6.92 Å². The lowest BCUT2D eigenvalue weighted by atomic mass is 10.1. The lowest BCUT2D eigenvalue weighted by molar-refractivity contribution is -0.166. The SMILES string of the molecule is CC(C1CC1)N(CC(F)(F)F)C(=O)CCCCCN. The number of hydrogen-bond donors (Lipinski definition) is 1. The van der Waals surface area contributed by atoms with Crippen molar-refractivity contribution < 1.29 is 18.0 Å². The molecule has 6 heteroatoms. The normalized spacial score (nSPS) is 17.3. The van der Waals surface area contributed by atoms with Crippen molar-refractivity contribution in [3.8, 4) is 0 Å². The molecule has 0 saturated heterocycles. The number of amides is 1. The fourth-order valence-electron chi connectivity index (χ4n) is 2.23. The average molecular weight is 280 g/mol.